The van der Waals surface area contributed by atoms with Crippen LogP contribution in [0.15, 0.2) is 42.5 Å². The predicted octanol–water partition coefficient (Wildman–Crippen LogP) is 4.53. The molecule has 0 radical (unpaired) electrons. The number of rotatable bonds is 4. The van der Waals surface area contributed by atoms with Crippen LogP contribution < -0.4 is 0 Å². The van der Waals surface area contributed by atoms with Crippen molar-refractivity contribution < 1.29 is 0 Å². The fourth-order valence-electron chi connectivity index (χ4n) is 2.74. The van der Waals surface area contributed by atoms with Crippen molar-refractivity contribution in [2.24, 2.45) is 0 Å². The lowest BCUT2D eigenvalue weighted by Crippen LogP contribution is -1.98. The van der Waals surface area contributed by atoms with Crippen LogP contribution >= 0.6 is 11.6 Å². The van der Waals surface area contributed by atoms with Gasteiger partial charge in [-0.1, -0.05) is 37.3 Å². The van der Waals surface area contributed by atoms with Gasteiger partial charge in [-0.05, 0) is 36.6 Å². The molecule has 0 fully saturated rings. The average molecular weight is 299 g/mol. The second-order valence-electron chi connectivity index (χ2n) is 5.35. The van der Waals surface area contributed by atoms with Crippen LogP contribution in [0.5, 0.6) is 0 Å². The van der Waals surface area contributed by atoms with Crippen molar-refractivity contribution in [2.45, 2.75) is 32.6 Å². The lowest BCUT2D eigenvalue weighted by Gasteiger charge is -2.05. The first kappa shape index (κ1) is 14.2. The fraction of sp³-hybridized carbons (Fsp3) is 0.278. The summed E-state index contributed by atoms with van der Waals surface area (Å²) in [6.07, 6.45) is 1.90. The fourth-order valence-corrected chi connectivity index (χ4v) is 3.01. The summed E-state index contributed by atoms with van der Waals surface area (Å²) in [6, 6.07) is 14.9. The molecule has 1 aromatic carbocycles. The van der Waals surface area contributed by atoms with Gasteiger partial charge in [0.1, 0.15) is 5.65 Å². The molecule has 0 bridgehead atoms. The first-order chi connectivity index (χ1) is 10.2. The summed E-state index contributed by atoms with van der Waals surface area (Å²) in [6.45, 7) is 4.26. The molecule has 108 valence electrons. The number of imidazole rings is 1. The average Bonchev–Trinajstić information content (AvgIpc) is 2.86. The maximum absolute atomic E-state index is 6.18. The number of aryl methyl sites for hydroxylation is 2. The predicted molar refractivity (Wildman–Crippen MR) is 88.1 cm³/mol. The highest BCUT2D eigenvalue weighted by Gasteiger charge is 2.13. The van der Waals surface area contributed by atoms with Crippen LogP contribution in [0.25, 0.3) is 5.65 Å². The molecular formula is C18H19ClN2. The van der Waals surface area contributed by atoms with Crippen molar-refractivity contribution in [3.63, 3.8) is 0 Å². The third-order valence-corrected chi connectivity index (χ3v) is 4.20. The monoisotopic (exact) mass is 298 g/mol. The van der Waals surface area contributed by atoms with E-state index in [2.05, 4.69) is 48.6 Å². The molecule has 0 saturated heterocycles. The van der Waals surface area contributed by atoms with Gasteiger partial charge in [-0.15, -0.1) is 11.6 Å². The largest absolute Gasteiger partial charge is 0.300 e. The van der Waals surface area contributed by atoms with Crippen molar-refractivity contribution in [3.05, 3.63) is 70.7 Å². The highest BCUT2D eigenvalue weighted by molar-refractivity contribution is 6.17. The molecule has 2 heterocycles. The summed E-state index contributed by atoms with van der Waals surface area (Å²) in [4.78, 5) is 4.76. The first-order valence-electron chi connectivity index (χ1n) is 7.32. The van der Waals surface area contributed by atoms with Crippen LogP contribution in [0.1, 0.15) is 35.1 Å². The highest BCUT2D eigenvalue weighted by atomic mass is 35.5. The van der Waals surface area contributed by atoms with Crippen LogP contribution in [-0.4, -0.2) is 9.38 Å². The molecule has 0 spiro atoms. The van der Waals surface area contributed by atoms with Gasteiger partial charge in [0.25, 0.3) is 0 Å². The van der Waals surface area contributed by atoms with Crippen molar-refractivity contribution in [1.82, 2.24) is 9.38 Å². The zero-order valence-corrected chi connectivity index (χ0v) is 13.2. The number of pyridine rings is 1. The summed E-state index contributed by atoms with van der Waals surface area (Å²) in [5.41, 5.74) is 6.96. The Balaban J connectivity index is 2.01. The Morgan fingerprint density at radius 3 is 2.43 bits per heavy atom. The molecule has 2 nitrogen and oxygen atoms in total. The number of benzene rings is 1. The number of alkyl halides is 1. The van der Waals surface area contributed by atoms with Gasteiger partial charge in [0.05, 0.1) is 17.3 Å². The minimum atomic E-state index is 0.481. The van der Waals surface area contributed by atoms with Gasteiger partial charge in [-0.3, -0.25) is 4.40 Å². The zero-order valence-electron chi connectivity index (χ0n) is 12.4. The molecule has 0 unspecified atom stereocenters. The Morgan fingerprint density at radius 2 is 1.76 bits per heavy atom. The van der Waals surface area contributed by atoms with Gasteiger partial charge in [0.15, 0.2) is 0 Å². The van der Waals surface area contributed by atoms with E-state index < -0.39 is 0 Å². The summed E-state index contributed by atoms with van der Waals surface area (Å²) in [5.74, 6) is 0.481. The van der Waals surface area contributed by atoms with Gasteiger partial charge in [-0.2, -0.15) is 0 Å². The van der Waals surface area contributed by atoms with E-state index in [0.29, 0.717) is 5.88 Å². The molecule has 3 heteroatoms. The maximum Gasteiger partial charge on any atom is 0.137 e. The van der Waals surface area contributed by atoms with Crippen LogP contribution in [-0.2, 0) is 18.7 Å². The van der Waals surface area contributed by atoms with E-state index in [0.717, 1.165) is 29.9 Å². The molecule has 3 aromatic rings. The summed E-state index contributed by atoms with van der Waals surface area (Å²) < 4.78 is 2.16. The van der Waals surface area contributed by atoms with Gasteiger partial charge in [-0.25, -0.2) is 4.98 Å². The minimum Gasteiger partial charge on any atom is -0.300 e. The van der Waals surface area contributed by atoms with Crippen molar-refractivity contribution in [3.8, 4) is 0 Å². The SMILES string of the molecule is CCc1ccc(Cc2nc3cccc(C)n3c2CCl)cc1. The molecule has 21 heavy (non-hydrogen) atoms. The first-order valence-corrected chi connectivity index (χ1v) is 7.86. The van der Waals surface area contributed by atoms with Gasteiger partial charge >= 0.3 is 0 Å². The van der Waals surface area contributed by atoms with Crippen LogP contribution in [0.3, 0.4) is 0 Å². The Hall–Kier alpha value is -1.80. The number of aromatic nitrogens is 2. The second kappa shape index (κ2) is 5.90. The smallest absolute Gasteiger partial charge is 0.137 e. The van der Waals surface area contributed by atoms with E-state index in [9.17, 15) is 0 Å². The topological polar surface area (TPSA) is 17.3 Å². The van der Waals surface area contributed by atoms with Crippen LogP contribution in [0.4, 0.5) is 0 Å². The minimum absolute atomic E-state index is 0.481. The molecule has 0 atom stereocenters. The van der Waals surface area contributed by atoms with Gasteiger partial charge < -0.3 is 0 Å². The molecule has 0 aliphatic heterocycles. The van der Waals surface area contributed by atoms with Gasteiger partial charge in [0, 0.05) is 12.1 Å². The summed E-state index contributed by atoms with van der Waals surface area (Å²) in [7, 11) is 0. The van der Waals surface area contributed by atoms with E-state index in [4.69, 9.17) is 16.6 Å². The second-order valence-corrected chi connectivity index (χ2v) is 5.61. The molecular weight excluding hydrogens is 280 g/mol. The number of hydrogen-bond acceptors (Lipinski definition) is 1. The van der Waals surface area contributed by atoms with E-state index in [1.54, 1.807) is 0 Å². The Labute approximate surface area is 130 Å². The van der Waals surface area contributed by atoms with Gasteiger partial charge in [0.2, 0.25) is 0 Å². The van der Waals surface area contributed by atoms with Crippen molar-refractivity contribution in [2.75, 3.05) is 0 Å². The van der Waals surface area contributed by atoms with E-state index in [1.807, 2.05) is 12.1 Å². The van der Waals surface area contributed by atoms with E-state index in [-0.39, 0.29) is 0 Å². The Bertz CT molecular complexity index is 757. The highest BCUT2D eigenvalue weighted by Crippen LogP contribution is 2.20. The number of hydrogen-bond donors (Lipinski definition) is 0. The third-order valence-electron chi connectivity index (χ3n) is 3.95. The molecule has 3 rings (SSSR count). The molecule has 0 aliphatic carbocycles. The summed E-state index contributed by atoms with van der Waals surface area (Å²) >= 11 is 6.18. The standard InChI is InChI=1S/C18H19ClN2/c1-3-14-7-9-15(10-8-14)11-16-17(12-19)21-13(2)5-4-6-18(21)20-16/h4-10H,3,11-12H2,1-2H3. The number of nitrogens with zero attached hydrogens (tertiary/aromatic N) is 2. The molecule has 0 saturated carbocycles. The maximum atomic E-state index is 6.18. The number of halogens is 1. The molecule has 2 aromatic heterocycles. The van der Waals surface area contributed by atoms with Crippen molar-refractivity contribution >= 4 is 17.2 Å². The molecule has 0 amide bonds. The van der Waals surface area contributed by atoms with E-state index >= 15 is 0 Å². The van der Waals surface area contributed by atoms with Crippen molar-refractivity contribution in [1.29, 1.82) is 0 Å². The quantitative estimate of drug-likeness (QED) is 0.647. The van der Waals surface area contributed by atoms with E-state index in [1.165, 1.54) is 16.8 Å². The lowest BCUT2D eigenvalue weighted by molar-refractivity contribution is 0.995. The Kier molecular flexibility index (Phi) is 3.98. The Morgan fingerprint density at radius 1 is 1.05 bits per heavy atom. The molecule has 0 N–H and O–H groups in total. The number of fused-ring (bicyclic) bond motifs is 1. The molecule has 0 aliphatic rings. The lowest BCUT2D eigenvalue weighted by atomic mass is 10.1. The van der Waals surface area contributed by atoms with Crippen LogP contribution in [0.2, 0.25) is 0 Å². The normalized spacial score (nSPS) is 11.2. The summed E-state index contributed by atoms with van der Waals surface area (Å²) in [5, 5.41) is 0. The third kappa shape index (κ3) is 2.68. The van der Waals surface area contributed by atoms with Crippen LogP contribution in [0, 0.1) is 6.92 Å². The zero-order chi connectivity index (χ0) is 14.8.